The number of ketones is 1. The number of carbonyl (C=O) groups is 2. The molecule has 0 aromatic heterocycles. The van der Waals surface area contributed by atoms with Crippen molar-refractivity contribution < 1.29 is 19.1 Å². The summed E-state index contributed by atoms with van der Waals surface area (Å²) in [5.74, 6) is 0.721. The Kier molecular flexibility index (Phi) is 5.39. The molecule has 2 unspecified atom stereocenters. The number of methoxy groups -OCH3 is 1. The Bertz CT molecular complexity index is 815. The van der Waals surface area contributed by atoms with E-state index in [1.807, 2.05) is 6.07 Å². The number of fused-ring (bicyclic) bond motifs is 1. The number of hydrogen-bond donors (Lipinski definition) is 0. The highest BCUT2D eigenvalue weighted by atomic mass is 35.5. The summed E-state index contributed by atoms with van der Waals surface area (Å²) in [7, 11) is 1.41. The molecular weight excluding hydrogens is 399 g/mol. The van der Waals surface area contributed by atoms with Gasteiger partial charge in [-0.2, -0.15) is 0 Å². The molecule has 3 aliphatic carbocycles. The van der Waals surface area contributed by atoms with Crippen LogP contribution in [0.4, 0.5) is 0 Å². The summed E-state index contributed by atoms with van der Waals surface area (Å²) in [6.07, 6.45) is 7.28. The maximum absolute atomic E-state index is 13.3. The van der Waals surface area contributed by atoms with Gasteiger partial charge in [0.25, 0.3) is 0 Å². The van der Waals surface area contributed by atoms with Crippen LogP contribution in [0.25, 0.3) is 0 Å². The fourth-order valence-corrected chi connectivity index (χ4v) is 5.88. The summed E-state index contributed by atoms with van der Waals surface area (Å²) in [5.41, 5.74) is 1.12. The van der Waals surface area contributed by atoms with Crippen molar-refractivity contribution in [3.05, 3.63) is 27.2 Å². The summed E-state index contributed by atoms with van der Waals surface area (Å²) in [4.78, 5) is 25.0. The highest BCUT2D eigenvalue weighted by molar-refractivity contribution is 6.45. The van der Waals surface area contributed by atoms with Crippen LogP contribution in [0, 0.1) is 17.3 Å². The van der Waals surface area contributed by atoms with Gasteiger partial charge in [0, 0.05) is 11.0 Å². The van der Waals surface area contributed by atoms with E-state index in [1.165, 1.54) is 20.0 Å². The Morgan fingerprint density at radius 1 is 1.14 bits per heavy atom. The molecule has 152 valence electrons. The molecular formula is C22H26Cl2O4. The van der Waals surface area contributed by atoms with Crippen LogP contribution in [0.5, 0.6) is 5.75 Å². The van der Waals surface area contributed by atoms with Crippen molar-refractivity contribution in [2.24, 2.45) is 17.3 Å². The highest BCUT2D eigenvalue weighted by Crippen LogP contribution is 2.52. The first-order valence-corrected chi connectivity index (χ1v) is 10.9. The smallest absolute Gasteiger partial charge is 0.308 e. The van der Waals surface area contributed by atoms with Gasteiger partial charge in [0.05, 0.1) is 24.2 Å². The van der Waals surface area contributed by atoms with E-state index in [0.29, 0.717) is 40.1 Å². The molecule has 0 saturated heterocycles. The molecule has 1 aromatic rings. The maximum Gasteiger partial charge on any atom is 0.308 e. The second kappa shape index (κ2) is 7.53. The van der Waals surface area contributed by atoms with Crippen LogP contribution >= 0.6 is 23.2 Å². The average Bonchev–Trinajstić information content (AvgIpc) is 3.40. The van der Waals surface area contributed by atoms with Gasteiger partial charge in [0.1, 0.15) is 10.8 Å². The fourth-order valence-electron chi connectivity index (χ4n) is 5.38. The van der Waals surface area contributed by atoms with E-state index in [2.05, 4.69) is 6.92 Å². The zero-order valence-corrected chi connectivity index (χ0v) is 17.9. The largest absolute Gasteiger partial charge is 0.489 e. The van der Waals surface area contributed by atoms with Crippen molar-refractivity contribution in [2.45, 2.75) is 64.4 Å². The molecule has 2 saturated carbocycles. The molecule has 4 rings (SSSR count). The van der Waals surface area contributed by atoms with Gasteiger partial charge in [-0.1, -0.05) is 43.0 Å². The first kappa shape index (κ1) is 20.0. The number of esters is 1. The molecule has 3 aliphatic rings. The lowest BCUT2D eigenvalue weighted by molar-refractivity contribution is -0.145. The molecule has 6 heteroatoms. The van der Waals surface area contributed by atoms with Gasteiger partial charge in [0.2, 0.25) is 0 Å². The third-order valence-corrected chi connectivity index (χ3v) is 7.88. The van der Waals surface area contributed by atoms with Crippen LogP contribution in [-0.4, -0.2) is 25.0 Å². The van der Waals surface area contributed by atoms with Gasteiger partial charge < -0.3 is 9.47 Å². The molecule has 2 fully saturated rings. The van der Waals surface area contributed by atoms with E-state index < -0.39 is 5.41 Å². The molecule has 0 amide bonds. The standard InChI is InChI=1S/C22H26Cl2O4/c1-22(14-5-3-4-6-14)11-13-10-16(18(23)19(24)17(13)20(22)25)28-15-8-7-12(9-15)21(26)27-2/h10,12,14-15H,3-9,11H2,1-2H3/t12?,15?,22-/m0/s1. The van der Waals surface area contributed by atoms with Crippen molar-refractivity contribution in [3.8, 4) is 5.75 Å². The minimum atomic E-state index is -0.395. The molecule has 0 heterocycles. The first-order chi connectivity index (χ1) is 13.3. The number of carbonyl (C=O) groups excluding carboxylic acids is 2. The van der Waals surface area contributed by atoms with Crippen LogP contribution in [0.1, 0.15) is 67.8 Å². The number of ether oxygens (including phenoxy) is 2. The normalized spacial score (nSPS) is 29.9. The Labute approximate surface area is 175 Å². The summed E-state index contributed by atoms with van der Waals surface area (Å²) < 4.78 is 11.0. The van der Waals surface area contributed by atoms with E-state index in [9.17, 15) is 9.59 Å². The van der Waals surface area contributed by atoms with E-state index in [4.69, 9.17) is 32.7 Å². The second-order valence-electron chi connectivity index (χ2n) is 8.71. The monoisotopic (exact) mass is 424 g/mol. The maximum atomic E-state index is 13.3. The lowest BCUT2D eigenvalue weighted by Gasteiger charge is -2.29. The molecule has 1 aromatic carbocycles. The van der Waals surface area contributed by atoms with Crippen LogP contribution in [-0.2, 0) is 16.0 Å². The summed E-state index contributed by atoms with van der Waals surface area (Å²) in [6, 6.07) is 1.90. The molecule has 0 spiro atoms. The molecule has 4 nitrogen and oxygen atoms in total. The van der Waals surface area contributed by atoms with Crippen molar-refractivity contribution in [1.82, 2.24) is 0 Å². The Hall–Kier alpha value is -1.26. The lowest BCUT2D eigenvalue weighted by atomic mass is 9.73. The van der Waals surface area contributed by atoms with E-state index in [1.54, 1.807) is 0 Å². The van der Waals surface area contributed by atoms with Gasteiger partial charge >= 0.3 is 5.97 Å². The second-order valence-corrected chi connectivity index (χ2v) is 9.47. The number of benzene rings is 1. The molecule has 0 aliphatic heterocycles. The van der Waals surface area contributed by atoms with Crippen LogP contribution in [0.3, 0.4) is 0 Å². The molecule has 0 radical (unpaired) electrons. The van der Waals surface area contributed by atoms with E-state index >= 15 is 0 Å². The third-order valence-electron chi connectivity index (χ3n) is 7.03. The summed E-state index contributed by atoms with van der Waals surface area (Å²) in [5, 5.41) is 0.606. The number of Topliss-reactive ketones (excluding diaryl/α,β-unsaturated/α-hetero) is 1. The minimum absolute atomic E-state index is 0.103. The van der Waals surface area contributed by atoms with Crippen molar-refractivity contribution in [2.75, 3.05) is 7.11 Å². The lowest BCUT2D eigenvalue weighted by Crippen LogP contribution is -2.32. The quantitative estimate of drug-likeness (QED) is 0.585. The Balaban J connectivity index is 1.58. The van der Waals surface area contributed by atoms with Crippen LogP contribution in [0.15, 0.2) is 6.07 Å². The molecule has 28 heavy (non-hydrogen) atoms. The van der Waals surface area contributed by atoms with Crippen molar-refractivity contribution >= 4 is 35.0 Å². The predicted octanol–water partition coefficient (Wildman–Crippen LogP) is 5.65. The van der Waals surface area contributed by atoms with Gasteiger partial charge in [-0.3, -0.25) is 9.59 Å². The van der Waals surface area contributed by atoms with E-state index in [-0.39, 0.29) is 23.8 Å². The SMILES string of the molecule is COC(=O)C1CCC(Oc2cc3c(c(Cl)c2Cl)C(=O)[C@](C)(C2CCCC2)C3)C1. The third kappa shape index (κ3) is 3.23. The van der Waals surface area contributed by atoms with Crippen LogP contribution < -0.4 is 4.74 Å². The number of rotatable bonds is 4. The zero-order valence-electron chi connectivity index (χ0n) is 16.4. The predicted molar refractivity (Wildman–Crippen MR) is 108 cm³/mol. The summed E-state index contributed by atoms with van der Waals surface area (Å²) in [6.45, 7) is 2.08. The number of hydrogen-bond acceptors (Lipinski definition) is 4. The Morgan fingerprint density at radius 2 is 1.86 bits per heavy atom. The minimum Gasteiger partial charge on any atom is -0.489 e. The van der Waals surface area contributed by atoms with Gasteiger partial charge in [-0.05, 0) is 56.1 Å². The van der Waals surface area contributed by atoms with Gasteiger partial charge in [0.15, 0.2) is 5.78 Å². The summed E-state index contributed by atoms with van der Waals surface area (Å²) >= 11 is 13.1. The number of halogens is 2. The molecule has 3 atom stereocenters. The van der Waals surface area contributed by atoms with Gasteiger partial charge in [-0.25, -0.2) is 0 Å². The molecule has 0 N–H and O–H groups in total. The fraction of sp³-hybridized carbons (Fsp3) is 0.636. The Morgan fingerprint density at radius 3 is 2.54 bits per heavy atom. The van der Waals surface area contributed by atoms with Crippen LogP contribution in [0.2, 0.25) is 10.0 Å². The van der Waals surface area contributed by atoms with E-state index in [0.717, 1.165) is 31.2 Å². The topological polar surface area (TPSA) is 52.6 Å². The van der Waals surface area contributed by atoms with Gasteiger partial charge in [-0.15, -0.1) is 0 Å². The highest BCUT2D eigenvalue weighted by Gasteiger charge is 2.49. The first-order valence-electron chi connectivity index (χ1n) is 10.1. The molecule has 0 bridgehead atoms. The van der Waals surface area contributed by atoms with Crippen molar-refractivity contribution in [1.29, 1.82) is 0 Å². The van der Waals surface area contributed by atoms with Crippen molar-refractivity contribution in [3.63, 3.8) is 0 Å². The average molecular weight is 425 g/mol. The zero-order chi connectivity index (χ0) is 20.1.